The first-order valence-corrected chi connectivity index (χ1v) is 4.45. The van der Waals surface area contributed by atoms with E-state index in [4.69, 9.17) is 0 Å². The third-order valence-electron chi connectivity index (χ3n) is 2.43. The summed E-state index contributed by atoms with van der Waals surface area (Å²) in [6.45, 7) is 2.00. The normalized spacial score (nSPS) is 32.4. The van der Waals surface area contributed by atoms with E-state index >= 15 is 0 Å². The lowest BCUT2D eigenvalue weighted by Crippen LogP contribution is -2.40. The predicted octanol–water partition coefficient (Wildman–Crippen LogP) is 1.66. The minimum absolute atomic E-state index is 0.0607. The summed E-state index contributed by atoms with van der Waals surface area (Å²) in [4.78, 5) is 11.3. The van der Waals surface area contributed by atoms with E-state index in [1.807, 2.05) is 6.92 Å². The SMILES string of the molecule is CCC[C@@]1(O)CCCCC1=O. The van der Waals surface area contributed by atoms with E-state index in [9.17, 15) is 9.90 Å². The molecule has 0 spiro atoms. The summed E-state index contributed by atoms with van der Waals surface area (Å²) in [6.07, 6.45) is 4.76. The van der Waals surface area contributed by atoms with Crippen LogP contribution in [-0.2, 0) is 4.79 Å². The third kappa shape index (κ3) is 1.80. The van der Waals surface area contributed by atoms with Gasteiger partial charge in [0, 0.05) is 6.42 Å². The molecule has 0 unspecified atom stereocenters. The van der Waals surface area contributed by atoms with Crippen LogP contribution in [0.4, 0.5) is 0 Å². The minimum atomic E-state index is -0.951. The highest BCUT2D eigenvalue weighted by molar-refractivity contribution is 5.87. The molecule has 1 atom stereocenters. The maximum Gasteiger partial charge on any atom is 0.164 e. The van der Waals surface area contributed by atoms with Gasteiger partial charge in [0.05, 0.1) is 0 Å². The summed E-state index contributed by atoms with van der Waals surface area (Å²) < 4.78 is 0. The van der Waals surface area contributed by atoms with E-state index in [2.05, 4.69) is 0 Å². The van der Waals surface area contributed by atoms with Crippen LogP contribution in [0, 0.1) is 0 Å². The van der Waals surface area contributed by atoms with Crippen molar-refractivity contribution >= 4 is 5.78 Å². The summed E-state index contributed by atoms with van der Waals surface area (Å²) in [5, 5.41) is 9.79. The van der Waals surface area contributed by atoms with Crippen molar-refractivity contribution in [2.75, 3.05) is 0 Å². The van der Waals surface area contributed by atoms with Gasteiger partial charge in [-0.05, 0) is 25.7 Å². The highest BCUT2D eigenvalue weighted by atomic mass is 16.3. The summed E-state index contributed by atoms with van der Waals surface area (Å²) in [5.41, 5.74) is -0.951. The molecular weight excluding hydrogens is 140 g/mol. The lowest BCUT2D eigenvalue weighted by Gasteiger charge is -2.29. The predicted molar refractivity (Wildman–Crippen MR) is 43.3 cm³/mol. The largest absolute Gasteiger partial charge is 0.382 e. The van der Waals surface area contributed by atoms with E-state index < -0.39 is 5.60 Å². The molecule has 0 aromatic heterocycles. The fraction of sp³-hybridized carbons (Fsp3) is 0.889. The van der Waals surface area contributed by atoms with Gasteiger partial charge in [0.2, 0.25) is 0 Å². The van der Waals surface area contributed by atoms with Gasteiger partial charge in [-0.15, -0.1) is 0 Å². The lowest BCUT2D eigenvalue weighted by molar-refractivity contribution is -0.141. The Labute approximate surface area is 67.6 Å². The molecule has 11 heavy (non-hydrogen) atoms. The second-order valence-corrected chi connectivity index (χ2v) is 3.41. The molecule has 0 aliphatic heterocycles. The van der Waals surface area contributed by atoms with Crippen LogP contribution in [0.2, 0.25) is 0 Å². The first-order chi connectivity index (χ1) is 5.19. The van der Waals surface area contributed by atoms with Crippen molar-refractivity contribution in [2.45, 2.75) is 51.0 Å². The number of carbonyl (C=O) groups is 1. The van der Waals surface area contributed by atoms with Gasteiger partial charge in [0.15, 0.2) is 5.78 Å². The quantitative estimate of drug-likeness (QED) is 0.660. The molecule has 1 rings (SSSR count). The number of carbonyl (C=O) groups excluding carboxylic acids is 1. The molecule has 0 heterocycles. The zero-order chi connectivity index (χ0) is 8.32. The monoisotopic (exact) mass is 156 g/mol. The first kappa shape index (κ1) is 8.72. The van der Waals surface area contributed by atoms with Gasteiger partial charge in [0.1, 0.15) is 5.60 Å². The van der Waals surface area contributed by atoms with Crippen molar-refractivity contribution in [3.8, 4) is 0 Å². The average molecular weight is 156 g/mol. The van der Waals surface area contributed by atoms with Gasteiger partial charge in [0.25, 0.3) is 0 Å². The lowest BCUT2D eigenvalue weighted by atomic mass is 9.81. The number of hydrogen-bond acceptors (Lipinski definition) is 2. The van der Waals surface area contributed by atoms with Crippen molar-refractivity contribution in [1.82, 2.24) is 0 Å². The molecule has 1 aliphatic rings. The van der Waals surface area contributed by atoms with Crippen LogP contribution < -0.4 is 0 Å². The molecule has 2 heteroatoms. The number of ketones is 1. The van der Waals surface area contributed by atoms with Crippen molar-refractivity contribution in [2.24, 2.45) is 0 Å². The van der Waals surface area contributed by atoms with Gasteiger partial charge < -0.3 is 5.11 Å². The molecule has 0 aromatic rings. The zero-order valence-corrected chi connectivity index (χ0v) is 7.10. The van der Waals surface area contributed by atoms with Gasteiger partial charge >= 0.3 is 0 Å². The maximum absolute atomic E-state index is 11.3. The van der Waals surface area contributed by atoms with Gasteiger partial charge in [-0.3, -0.25) is 4.79 Å². The van der Waals surface area contributed by atoms with E-state index in [0.717, 1.165) is 19.3 Å². The summed E-state index contributed by atoms with van der Waals surface area (Å²) >= 11 is 0. The number of aliphatic hydroxyl groups is 1. The number of rotatable bonds is 2. The van der Waals surface area contributed by atoms with Crippen molar-refractivity contribution in [3.05, 3.63) is 0 Å². The molecule has 64 valence electrons. The van der Waals surface area contributed by atoms with Crippen LogP contribution >= 0.6 is 0 Å². The third-order valence-corrected chi connectivity index (χ3v) is 2.43. The molecule has 1 fully saturated rings. The van der Waals surface area contributed by atoms with Crippen molar-refractivity contribution in [3.63, 3.8) is 0 Å². The maximum atomic E-state index is 11.3. The van der Waals surface area contributed by atoms with E-state index in [-0.39, 0.29) is 5.78 Å². The second-order valence-electron chi connectivity index (χ2n) is 3.41. The minimum Gasteiger partial charge on any atom is -0.382 e. The van der Waals surface area contributed by atoms with E-state index in [0.29, 0.717) is 19.3 Å². The Morgan fingerprint density at radius 3 is 2.82 bits per heavy atom. The number of Topliss-reactive ketones (excluding diaryl/α,β-unsaturated/α-hetero) is 1. The smallest absolute Gasteiger partial charge is 0.164 e. The fourth-order valence-corrected chi connectivity index (χ4v) is 1.75. The summed E-state index contributed by atoms with van der Waals surface area (Å²) in [6, 6.07) is 0. The Hall–Kier alpha value is -0.370. The van der Waals surface area contributed by atoms with Crippen LogP contribution in [0.1, 0.15) is 45.4 Å². The van der Waals surface area contributed by atoms with Crippen LogP contribution in [0.25, 0.3) is 0 Å². The Kier molecular flexibility index (Phi) is 2.66. The topological polar surface area (TPSA) is 37.3 Å². The molecular formula is C9H16O2. The molecule has 0 saturated heterocycles. The molecule has 1 saturated carbocycles. The molecule has 0 aromatic carbocycles. The molecule has 1 N–H and O–H groups in total. The first-order valence-electron chi connectivity index (χ1n) is 4.45. The van der Waals surface area contributed by atoms with Crippen LogP contribution in [0.15, 0.2) is 0 Å². The van der Waals surface area contributed by atoms with Gasteiger partial charge in [-0.1, -0.05) is 13.3 Å². The molecule has 0 radical (unpaired) electrons. The summed E-state index contributed by atoms with van der Waals surface area (Å²) in [7, 11) is 0. The standard InChI is InChI=1S/C9H16O2/c1-2-6-9(11)7-4-3-5-8(9)10/h11H,2-7H2,1H3/t9-/m1/s1. The van der Waals surface area contributed by atoms with Crippen LogP contribution in [-0.4, -0.2) is 16.5 Å². The van der Waals surface area contributed by atoms with Crippen LogP contribution in [0.5, 0.6) is 0 Å². The Morgan fingerprint density at radius 2 is 2.27 bits per heavy atom. The highest BCUT2D eigenvalue weighted by Crippen LogP contribution is 2.28. The van der Waals surface area contributed by atoms with Gasteiger partial charge in [-0.25, -0.2) is 0 Å². The van der Waals surface area contributed by atoms with Gasteiger partial charge in [-0.2, -0.15) is 0 Å². The Balaban J connectivity index is 2.57. The van der Waals surface area contributed by atoms with Crippen LogP contribution in [0.3, 0.4) is 0 Å². The molecule has 0 bridgehead atoms. The Bertz CT molecular complexity index is 150. The second kappa shape index (κ2) is 3.35. The molecule has 2 nitrogen and oxygen atoms in total. The molecule has 1 aliphatic carbocycles. The number of hydrogen-bond donors (Lipinski definition) is 1. The molecule has 0 amide bonds. The van der Waals surface area contributed by atoms with E-state index in [1.165, 1.54) is 0 Å². The fourth-order valence-electron chi connectivity index (χ4n) is 1.75. The zero-order valence-electron chi connectivity index (χ0n) is 7.10. The highest BCUT2D eigenvalue weighted by Gasteiger charge is 2.36. The van der Waals surface area contributed by atoms with Crippen molar-refractivity contribution < 1.29 is 9.90 Å². The van der Waals surface area contributed by atoms with E-state index in [1.54, 1.807) is 0 Å². The Morgan fingerprint density at radius 1 is 1.55 bits per heavy atom. The van der Waals surface area contributed by atoms with Crippen molar-refractivity contribution in [1.29, 1.82) is 0 Å². The summed E-state index contributed by atoms with van der Waals surface area (Å²) in [5.74, 6) is 0.0607. The average Bonchev–Trinajstić information content (AvgIpc) is 1.96.